The molecule has 4 nitrogen and oxygen atoms in total. The Morgan fingerprint density at radius 1 is 1.33 bits per heavy atom. The van der Waals surface area contributed by atoms with Gasteiger partial charge in [0, 0.05) is 25.2 Å². The standard InChI is InChI=1S/C15H24N2O2S2/c1-11-4-3-7-17(12(11)2)21(18,19)15-8-13(10-20-15)9-16-14-5-6-14/h8,10-12,14,16H,3-7,9H2,1-2H3. The van der Waals surface area contributed by atoms with Gasteiger partial charge in [0.05, 0.1) is 0 Å². The summed E-state index contributed by atoms with van der Waals surface area (Å²) >= 11 is 1.36. The van der Waals surface area contributed by atoms with Gasteiger partial charge < -0.3 is 5.32 Å². The van der Waals surface area contributed by atoms with Gasteiger partial charge >= 0.3 is 0 Å². The highest BCUT2D eigenvalue weighted by Crippen LogP contribution is 2.31. The number of rotatable bonds is 5. The van der Waals surface area contributed by atoms with Crippen molar-refractivity contribution in [1.82, 2.24) is 9.62 Å². The lowest BCUT2D eigenvalue weighted by molar-refractivity contribution is 0.202. The van der Waals surface area contributed by atoms with Crippen molar-refractivity contribution in [1.29, 1.82) is 0 Å². The Bertz CT molecular complexity index is 593. The molecule has 0 aromatic carbocycles. The topological polar surface area (TPSA) is 49.4 Å². The maximum Gasteiger partial charge on any atom is 0.252 e. The summed E-state index contributed by atoms with van der Waals surface area (Å²) in [6.45, 7) is 5.61. The molecule has 0 bridgehead atoms. The Morgan fingerprint density at radius 3 is 2.81 bits per heavy atom. The minimum Gasteiger partial charge on any atom is -0.310 e. The summed E-state index contributed by atoms with van der Waals surface area (Å²) in [6, 6.07) is 2.59. The van der Waals surface area contributed by atoms with Gasteiger partial charge in [-0.2, -0.15) is 4.31 Å². The molecule has 1 aliphatic heterocycles. The van der Waals surface area contributed by atoms with Crippen molar-refractivity contribution >= 4 is 21.4 Å². The lowest BCUT2D eigenvalue weighted by Crippen LogP contribution is -2.45. The van der Waals surface area contributed by atoms with Gasteiger partial charge in [0.2, 0.25) is 0 Å². The Morgan fingerprint density at radius 2 is 2.10 bits per heavy atom. The Labute approximate surface area is 131 Å². The molecule has 0 amide bonds. The van der Waals surface area contributed by atoms with E-state index in [-0.39, 0.29) is 6.04 Å². The number of nitrogens with zero attached hydrogens (tertiary/aromatic N) is 1. The van der Waals surface area contributed by atoms with E-state index in [9.17, 15) is 8.42 Å². The van der Waals surface area contributed by atoms with Crippen LogP contribution in [-0.2, 0) is 16.6 Å². The Balaban J connectivity index is 1.74. The summed E-state index contributed by atoms with van der Waals surface area (Å²) in [7, 11) is -3.32. The molecule has 1 aromatic rings. The second kappa shape index (κ2) is 5.99. The normalized spacial score (nSPS) is 27.9. The van der Waals surface area contributed by atoms with E-state index in [0.29, 0.717) is 22.7 Å². The molecule has 0 radical (unpaired) electrons. The number of sulfonamides is 1. The van der Waals surface area contributed by atoms with Crippen LogP contribution in [0, 0.1) is 5.92 Å². The summed E-state index contributed by atoms with van der Waals surface area (Å²) in [5.41, 5.74) is 1.09. The van der Waals surface area contributed by atoms with E-state index in [2.05, 4.69) is 12.2 Å². The van der Waals surface area contributed by atoms with Crippen LogP contribution in [0.2, 0.25) is 0 Å². The number of piperidine rings is 1. The highest BCUT2D eigenvalue weighted by molar-refractivity contribution is 7.91. The quantitative estimate of drug-likeness (QED) is 0.904. The molecule has 1 saturated carbocycles. The highest BCUT2D eigenvalue weighted by Gasteiger charge is 2.35. The molecule has 2 aliphatic rings. The SMILES string of the molecule is CC1CCCN(S(=O)(=O)c2cc(CNC3CC3)cs2)C1C. The lowest BCUT2D eigenvalue weighted by atomic mass is 9.94. The van der Waals surface area contributed by atoms with Crippen LogP contribution in [0.15, 0.2) is 15.7 Å². The van der Waals surface area contributed by atoms with Gasteiger partial charge in [-0.3, -0.25) is 0 Å². The third-order valence-electron chi connectivity index (χ3n) is 4.68. The molecular weight excluding hydrogens is 304 g/mol. The minimum atomic E-state index is -3.32. The van der Waals surface area contributed by atoms with E-state index >= 15 is 0 Å². The zero-order chi connectivity index (χ0) is 15.0. The summed E-state index contributed by atoms with van der Waals surface area (Å²) in [5, 5.41) is 5.40. The van der Waals surface area contributed by atoms with Gasteiger partial charge in [-0.05, 0) is 55.5 Å². The maximum atomic E-state index is 12.8. The van der Waals surface area contributed by atoms with Crippen LogP contribution >= 0.6 is 11.3 Å². The van der Waals surface area contributed by atoms with E-state index in [1.54, 1.807) is 4.31 Å². The number of hydrogen-bond donors (Lipinski definition) is 1. The van der Waals surface area contributed by atoms with Crippen LogP contribution in [0.1, 0.15) is 45.1 Å². The minimum absolute atomic E-state index is 0.0962. The zero-order valence-electron chi connectivity index (χ0n) is 12.7. The zero-order valence-corrected chi connectivity index (χ0v) is 14.3. The average molecular weight is 329 g/mol. The molecule has 2 heterocycles. The fraction of sp³-hybridized carbons (Fsp3) is 0.733. The van der Waals surface area contributed by atoms with E-state index < -0.39 is 10.0 Å². The third kappa shape index (κ3) is 3.33. The summed E-state index contributed by atoms with van der Waals surface area (Å²) in [5.74, 6) is 0.435. The second-order valence-electron chi connectivity index (χ2n) is 6.41. The molecule has 2 atom stereocenters. The fourth-order valence-corrected chi connectivity index (χ4v) is 5.99. The largest absolute Gasteiger partial charge is 0.310 e. The predicted molar refractivity (Wildman–Crippen MR) is 85.9 cm³/mol. The summed E-state index contributed by atoms with van der Waals surface area (Å²) in [4.78, 5) is 0. The van der Waals surface area contributed by atoms with Gasteiger partial charge in [-0.15, -0.1) is 11.3 Å². The molecule has 1 N–H and O–H groups in total. The molecule has 1 aliphatic carbocycles. The smallest absolute Gasteiger partial charge is 0.252 e. The first-order valence-corrected chi connectivity index (χ1v) is 10.1. The van der Waals surface area contributed by atoms with Crippen LogP contribution in [0.3, 0.4) is 0 Å². The number of nitrogens with one attached hydrogen (secondary N) is 1. The lowest BCUT2D eigenvalue weighted by Gasteiger charge is -2.36. The first kappa shape index (κ1) is 15.5. The van der Waals surface area contributed by atoms with E-state index in [4.69, 9.17) is 0 Å². The molecule has 2 fully saturated rings. The molecule has 0 spiro atoms. The van der Waals surface area contributed by atoms with Crippen LogP contribution < -0.4 is 5.32 Å². The van der Waals surface area contributed by atoms with Crippen molar-refractivity contribution in [2.45, 2.75) is 62.4 Å². The predicted octanol–water partition coefficient (Wildman–Crippen LogP) is 2.81. The van der Waals surface area contributed by atoms with E-state index in [1.165, 1.54) is 24.2 Å². The maximum absolute atomic E-state index is 12.8. The van der Waals surface area contributed by atoms with Crippen molar-refractivity contribution in [2.24, 2.45) is 5.92 Å². The van der Waals surface area contributed by atoms with Gasteiger partial charge in [-0.1, -0.05) is 6.92 Å². The van der Waals surface area contributed by atoms with Crippen LogP contribution in [-0.4, -0.2) is 31.4 Å². The molecule has 1 saturated heterocycles. The monoisotopic (exact) mass is 328 g/mol. The molecule has 6 heteroatoms. The molecular formula is C15H24N2O2S2. The second-order valence-corrected chi connectivity index (χ2v) is 9.43. The van der Waals surface area contributed by atoms with Crippen molar-refractivity contribution in [3.05, 3.63) is 17.0 Å². The molecule has 3 rings (SSSR count). The Kier molecular flexibility index (Phi) is 4.41. The van der Waals surface area contributed by atoms with E-state index in [0.717, 1.165) is 24.9 Å². The summed E-state index contributed by atoms with van der Waals surface area (Å²) < 4.78 is 27.8. The van der Waals surface area contributed by atoms with Crippen molar-refractivity contribution in [2.75, 3.05) is 6.54 Å². The molecule has 2 unspecified atom stereocenters. The molecule has 118 valence electrons. The Hall–Kier alpha value is -0.430. The van der Waals surface area contributed by atoms with Crippen LogP contribution in [0.5, 0.6) is 0 Å². The van der Waals surface area contributed by atoms with Crippen molar-refractivity contribution in [3.8, 4) is 0 Å². The van der Waals surface area contributed by atoms with Gasteiger partial charge in [0.15, 0.2) is 0 Å². The van der Waals surface area contributed by atoms with Gasteiger partial charge in [-0.25, -0.2) is 8.42 Å². The van der Waals surface area contributed by atoms with Crippen molar-refractivity contribution in [3.63, 3.8) is 0 Å². The van der Waals surface area contributed by atoms with Gasteiger partial charge in [0.25, 0.3) is 10.0 Å². The van der Waals surface area contributed by atoms with Crippen molar-refractivity contribution < 1.29 is 8.42 Å². The third-order valence-corrected chi connectivity index (χ3v) is 8.13. The van der Waals surface area contributed by atoms with Crippen LogP contribution in [0.25, 0.3) is 0 Å². The first-order valence-electron chi connectivity index (χ1n) is 7.81. The fourth-order valence-electron chi connectivity index (χ4n) is 2.88. The average Bonchev–Trinajstić information content (AvgIpc) is 3.15. The summed E-state index contributed by atoms with van der Waals surface area (Å²) in [6.07, 6.45) is 4.58. The molecule has 1 aromatic heterocycles. The number of hydrogen-bond acceptors (Lipinski definition) is 4. The van der Waals surface area contributed by atoms with Crippen LogP contribution in [0.4, 0.5) is 0 Å². The van der Waals surface area contributed by atoms with Gasteiger partial charge in [0.1, 0.15) is 4.21 Å². The number of thiophene rings is 1. The van der Waals surface area contributed by atoms with E-state index in [1.807, 2.05) is 18.4 Å². The first-order chi connectivity index (χ1) is 9.98. The highest BCUT2D eigenvalue weighted by atomic mass is 32.2. The molecule has 21 heavy (non-hydrogen) atoms.